The van der Waals surface area contributed by atoms with Gasteiger partial charge in [-0.3, -0.25) is 19.2 Å². The highest BCUT2D eigenvalue weighted by atomic mass is 16.6. The molecule has 1 saturated heterocycles. The summed E-state index contributed by atoms with van der Waals surface area (Å²) in [6.45, 7) is 10.1. The third-order valence-electron chi connectivity index (χ3n) is 15.0. The number of fused-ring (bicyclic) bond motifs is 4. The SMILES string of the molecule is COc1cc2c(cc1OCCCOc1cc3c(cc1C)C(=O)N1CC4(CC4)C[C@H]1C(O)N3C(=O)OCc1ccc(CC(=O)[C@H](C)NC(=O)[C@@H](N)C(C)C)cc1)CC[C@@H]1CC(c3ccc(C)cc3)=CN1C2=O. The van der Waals surface area contributed by atoms with E-state index in [-0.39, 0.29) is 78.4 Å². The number of aliphatic hydroxyl groups is 1. The van der Waals surface area contributed by atoms with E-state index >= 15 is 0 Å². The van der Waals surface area contributed by atoms with Gasteiger partial charge in [-0.1, -0.05) is 67.9 Å². The largest absolute Gasteiger partial charge is 0.493 e. The van der Waals surface area contributed by atoms with Crippen LogP contribution in [-0.4, -0.2) is 102 Å². The maximum Gasteiger partial charge on any atom is 0.416 e. The number of carbonyl (C=O) groups excluding carboxylic acids is 5. The number of amides is 4. The Morgan fingerprint density at radius 3 is 2.27 bits per heavy atom. The second-order valence-corrected chi connectivity index (χ2v) is 20.5. The summed E-state index contributed by atoms with van der Waals surface area (Å²) in [6.07, 6.45) is 5.18. The highest BCUT2D eigenvalue weighted by Gasteiger charge is 2.58. The number of methoxy groups -OCH3 is 1. The molecule has 1 saturated carbocycles. The highest BCUT2D eigenvalue weighted by Crippen LogP contribution is 2.57. The van der Waals surface area contributed by atoms with Crippen LogP contribution in [0.1, 0.15) is 113 Å². The van der Waals surface area contributed by atoms with Gasteiger partial charge in [-0.25, -0.2) is 9.69 Å². The number of nitrogens with two attached hydrogens (primary N) is 1. The number of anilines is 1. The van der Waals surface area contributed by atoms with Gasteiger partial charge in [0.15, 0.2) is 23.5 Å². The number of aryl methyl sites for hydroxylation is 3. The molecule has 15 nitrogen and oxygen atoms in total. The van der Waals surface area contributed by atoms with Gasteiger partial charge < -0.3 is 44.9 Å². The second kappa shape index (κ2) is 20.2. The van der Waals surface area contributed by atoms with E-state index < -0.39 is 30.4 Å². The molecule has 15 heteroatoms. The number of hydrogen-bond acceptors (Lipinski definition) is 11. The molecule has 5 aliphatic rings. The maximum atomic E-state index is 14.3. The summed E-state index contributed by atoms with van der Waals surface area (Å²) >= 11 is 0. The van der Waals surface area contributed by atoms with Crippen LogP contribution in [0.15, 0.2) is 79.0 Å². The lowest BCUT2D eigenvalue weighted by Gasteiger charge is -2.31. The average Bonchev–Trinajstić information content (AvgIpc) is 3.86. The van der Waals surface area contributed by atoms with Gasteiger partial charge in [0.2, 0.25) is 5.91 Å². The van der Waals surface area contributed by atoms with Crippen molar-refractivity contribution >= 4 is 40.9 Å². The van der Waals surface area contributed by atoms with Crippen LogP contribution in [0.2, 0.25) is 0 Å². The smallest absolute Gasteiger partial charge is 0.416 e. The number of benzene rings is 4. The number of aliphatic hydroxyl groups excluding tert-OH is 1. The zero-order chi connectivity index (χ0) is 50.3. The molecular formula is C56H65N5O10. The fraction of sp³-hybridized carbons (Fsp3) is 0.446. The molecule has 0 bridgehead atoms. The van der Waals surface area contributed by atoms with Crippen molar-refractivity contribution in [3.63, 3.8) is 0 Å². The summed E-state index contributed by atoms with van der Waals surface area (Å²) in [6, 6.07) is 20.5. The van der Waals surface area contributed by atoms with E-state index in [4.69, 9.17) is 24.7 Å². The van der Waals surface area contributed by atoms with Crippen LogP contribution in [0.3, 0.4) is 0 Å². The molecule has 0 aromatic heterocycles. The van der Waals surface area contributed by atoms with Crippen molar-refractivity contribution in [3.05, 3.63) is 124 Å². The predicted molar refractivity (Wildman–Crippen MR) is 267 cm³/mol. The molecule has 4 amide bonds. The Morgan fingerprint density at radius 2 is 1.58 bits per heavy atom. The summed E-state index contributed by atoms with van der Waals surface area (Å²) in [4.78, 5) is 72.6. The van der Waals surface area contributed by atoms with Crippen molar-refractivity contribution in [1.82, 2.24) is 15.1 Å². The third kappa shape index (κ3) is 10.3. The summed E-state index contributed by atoms with van der Waals surface area (Å²) in [5.41, 5.74) is 13.4. The van der Waals surface area contributed by atoms with Crippen LogP contribution in [-0.2, 0) is 33.8 Å². The van der Waals surface area contributed by atoms with E-state index in [1.807, 2.05) is 37.9 Å². The van der Waals surface area contributed by atoms with E-state index in [1.54, 1.807) is 61.4 Å². The van der Waals surface area contributed by atoms with Crippen LogP contribution >= 0.6 is 0 Å². The summed E-state index contributed by atoms with van der Waals surface area (Å²) in [5.74, 6) is 0.518. The molecule has 2 fully saturated rings. The number of ether oxygens (including phenoxy) is 4. The first-order chi connectivity index (χ1) is 34.0. The Morgan fingerprint density at radius 1 is 0.873 bits per heavy atom. The molecule has 9 rings (SSSR count). The number of rotatable bonds is 16. The monoisotopic (exact) mass is 967 g/mol. The standard InChI is InChI=1S/C56H65N5O10/c1-32(2)50(57)51(63)58-35(5)46(62)23-36-10-12-37(13-11-36)30-71-55(67)61-44-27-47(34(4)22-43(44)53(65)60-31-56(18-19-56)28-45(60)54(61)66)69-20-7-21-70-49-25-39-16-17-41-24-40(38-14-8-33(3)9-15-38)29-59(41)52(64)42(39)26-48(49)68-6/h8-15,22,25-27,29,32,35,41,45,50,54,66H,7,16-21,23-24,28,30-31,57H2,1-6H3,(H,58,63)/t35-,41+,45-,50-,54?/m0/s1. The number of hydrogen-bond donors (Lipinski definition) is 3. The minimum Gasteiger partial charge on any atom is -0.493 e. The van der Waals surface area contributed by atoms with Gasteiger partial charge in [-0.2, -0.15) is 0 Å². The van der Waals surface area contributed by atoms with E-state index in [1.165, 1.54) is 10.5 Å². The quantitative estimate of drug-likeness (QED) is 0.0947. The average molecular weight is 968 g/mol. The molecule has 1 aliphatic carbocycles. The Balaban J connectivity index is 0.846. The predicted octanol–water partition coefficient (Wildman–Crippen LogP) is 7.43. The Bertz CT molecular complexity index is 2750. The normalized spacial score (nSPS) is 20.5. The molecular weight excluding hydrogens is 903 g/mol. The lowest BCUT2D eigenvalue weighted by atomic mass is 9.97. The van der Waals surface area contributed by atoms with Crippen molar-refractivity contribution in [2.75, 3.05) is 31.8 Å². The summed E-state index contributed by atoms with van der Waals surface area (Å²) < 4.78 is 24.2. The zero-order valence-corrected chi connectivity index (χ0v) is 41.5. The number of Topliss-reactive ketones (excluding diaryl/α,β-unsaturated/α-hetero) is 1. The number of nitrogens with one attached hydrogen (secondary N) is 1. The molecule has 0 radical (unpaired) electrons. The van der Waals surface area contributed by atoms with Gasteiger partial charge in [-0.05, 0) is 122 Å². The van der Waals surface area contributed by atoms with Crippen LogP contribution in [0, 0.1) is 25.2 Å². The van der Waals surface area contributed by atoms with Crippen LogP contribution in [0.5, 0.6) is 17.2 Å². The molecule has 71 heavy (non-hydrogen) atoms. The molecule has 374 valence electrons. The van der Waals surface area contributed by atoms with Crippen molar-refractivity contribution in [2.24, 2.45) is 17.1 Å². The molecule has 4 N–H and O–H groups in total. The summed E-state index contributed by atoms with van der Waals surface area (Å²) in [5, 5.41) is 14.7. The lowest BCUT2D eigenvalue weighted by Crippen LogP contribution is -2.50. The molecule has 5 atom stereocenters. The maximum absolute atomic E-state index is 14.3. The molecule has 4 aromatic rings. The zero-order valence-electron chi connectivity index (χ0n) is 41.5. The van der Waals surface area contributed by atoms with Gasteiger partial charge in [0.05, 0.1) is 49.7 Å². The van der Waals surface area contributed by atoms with E-state index in [0.29, 0.717) is 59.7 Å². The number of ketones is 1. The van der Waals surface area contributed by atoms with Gasteiger partial charge in [0, 0.05) is 43.3 Å². The third-order valence-corrected chi connectivity index (χ3v) is 15.0. The van der Waals surface area contributed by atoms with Gasteiger partial charge in [0.1, 0.15) is 12.4 Å². The first-order valence-corrected chi connectivity index (χ1v) is 24.9. The van der Waals surface area contributed by atoms with Crippen molar-refractivity contribution in [2.45, 2.75) is 123 Å². The lowest BCUT2D eigenvalue weighted by molar-refractivity contribution is -0.128. The van der Waals surface area contributed by atoms with Crippen molar-refractivity contribution in [3.8, 4) is 17.2 Å². The minimum absolute atomic E-state index is 0.0489. The van der Waals surface area contributed by atoms with E-state index in [9.17, 15) is 29.1 Å². The fourth-order valence-electron chi connectivity index (χ4n) is 10.3. The second-order valence-electron chi connectivity index (χ2n) is 20.5. The Kier molecular flexibility index (Phi) is 14.0. The van der Waals surface area contributed by atoms with Crippen LogP contribution in [0.25, 0.3) is 5.57 Å². The topological polar surface area (TPSA) is 190 Å². The Hall–Kier alpha value is -6.71. The van der Waals surface area contributed by atoms with Crippen molar-refractivity contribution < 1.29 is 48.0 Å². The first kappa shape index (κ1) is 49.3. The minimum atomic E-state index is -1.38. The van der Waals surface area contributed by atoms with Gasteiger partial charge >= 0.3 is 6.09 Å². The van der Waals surface area contributed by atoms with Gasteiger partial charge in [0.25, 0.3) is 11.8 Å². The van der Waals surface area contributed by atoms with E-state index in [2.05, 4.69) is 36.5 Å². The number of nitrogens with zero attached hydrogens (tertiary/aromatic N) is 3. The highest BCUT2D eigenvalue weighted by molar-refractivity contribution is 6.06. The molecule has 4 aromatic carbocycles. The molecule has 4 aliphatic heterocycles. The van der Waals surface area contributed by atoms with Crippen molar-refractivity contribution in [1.29, 1.82) is 0 Å². The van der Waals surface area contributed by atoms with Crippen LogP contribution < -0.4 is 30.2 Å². The molecule has 4 heterocycles. The van der Waals surface area contributed by atoms with Crippen LogP contribution in [0.4, 0.5) is 10.5 Å². The molecule has 1 spiro atoms. The fourth-order valence-corrected chi connectivity index (χ4v) is 10.3. The van der Waals surface area contributed by atoms with E-state index in [0.717, 1.165) is 47.9 Å². The summed E-state index contributed by atoms with van der Waals surface area (Å²) in [7, 11) is 1.56. The van der Waals surface area contributed by atoms with Gasteiger partial charge in [-0.15, -0.1) is 0 Å². The number of carbonyl (C=O) groups is 5. The Labute approximate surface area is 415 Å². The first-order valence-electron chi connectivity index (χ1n) is 24.9. The molecule has 1 unspecified atom stereocenters.